The normalized spacial score (nSPS) is 11.2. The van der Waals surface area contributed by atoms with Gasteiger partial charge in [0.1, 0.15) is 0 Å². The summed E-state index contributed by atoms with van der Waals surface area (Å²) in [5.41, 5.74) is 3.63. The van der Waals surface area contributed by atoms with Crippen molar-refractivity contribution in [2.75, 3.05) is 5.88 Å². The Balaban J connectivity index is 1.92. The van der Waals surface area contributed by atoms with Gasteiger partial charge in [0.05, 0.1) is 11.6 Å². The van der Waals surface area contributed by atoms with Crippen LogP contribution in [0, 0.1) is 20.8 Å². The lowest BCUT2D eigenvalue weighted by Gasteiger charge is -2.05. The average molecular weight is 345 g/mol. The van der Waals surface area contributed by atoms with E-state index in [0.717, 1.165) is 22.8 Å². The van der Waals surface area contributed by atoms with Crippen LogP contribution in [0.4, 0.5) is 0 Å². The molecule has 0 saturated heterocycles. The van der Waals surface area contributed by atoms with Crippen LogP contribution in [-0.2, 0) is 11.2 Å². The molecule has 1 amide bonds. The maximum atomic E-state index is 11.7. The summed E-state index contributed by atoms with van der Waals surface area (Å²) in [4.78, 5) is 11.7. The molecule has 3 heterocycles. The molecule has 0 unspecified atom stereocenters. The van der Waals surface area contributed by atoms with E-state index in [2.05, 4.69) is 38.3 Å². The SMILES string of the molecule is Cc1nn(-c2ccc3nnc(C)n3n2)c(C)c1CCC(=O)NCS. The highest BCUT2D eigenvalue weighted by atomic mass is 32.1. The van der Waals surface area contributed by atoms with Crippen molar-refractivity contribution >= 4 is 24.2 Å². The van der Waals surface area contributed by atoms with Gasteiger partial charge in [-0.2, -0.15) is 22.2 Å². The first-order chi connectivity index (χ1) is 11.5. The van der Waals surface area contributed by atoms with E-state index in [0.29, 0.717) is 30.2 Å². The molecule has 0 radical (unpaired) electrons. The molecule has 24 heavy (non-hydrogen) atoms. The van der Waals surface area contributed by atoms with Crippen molar-refractivity contribution in [2.45, 2.75) is 33.6 Å². The Hall–Kier alpha value is -2.42. The average Bonchev–Trinajstić information content (AvgIpc) is 3.06. The van der Waals surface area contributed by atoms with Gasteiger partial charge < -0.3 is 5.32 Å². The van der Waals surface area contributed by atoms with E-state index in [1.807, 2.05) is 32.9 Å². The van der Waals surface area contributed by atoms with E-state index in [9.17, 15) is 4.79 Å². The van der Waals surface area contributed by atoms with E-state index < -0.39 is 0 Å². The standard InChI is InChI=1S/C15H19N7OS/c1-9-12(4-7-15(23)16-8-24)10(2)21(19-9)14-6-5-13-18-17-11(3)22(13)20-14/h5-6,24H,4,7-8H2,1-3H3,(H,16,23). The third kappa shape index (κ3) is 2.99. The van der Waals surface area contributed by atoms with Gasteiger partial charge in [0, 0.05) is 12.1 Å². The number of aromatic nitrogens is 6. The van der Waals surface area contributed by atoms with Gasteiger partial charge >= 0.3 is 0 Å². The molecule has 126 valence electrons. The van der Waals surface area contributed by atoms with Crippen LogP contribution in [0.5, 0.6) is 0 Å². The summed E-state index contributed by atoms with van der Waals surface area (Å²) in [5, 5.41) is 19.9. The maximum Gasteiger partial charge on any atom is 0.220 e. The predicted octanol–water partition coefficient (Wildman–Crippen LogP) is 1.17. The topological polar surface area (TPSA) is 90.0 Å². The second kappa shape index (κ2) is 6.60. The molecule has 8 nitrogen and oxygen atoms in total. The summed E-state index contributed by atoms with van der Waals surface area (Å²) in [7, 11) is 0. The van der Waals surface area contributed by atoms with Crippen LogP contribution >= 0.6 is 12.6 Å². The van der Waals surface area contributed by atoms with Gasteiger partial charge in [-0.3, -0.25) is 4.79 Å². The summed E-state index contributed by atoms with van der Waals surface area (Å²) in [6, 6.07) is 3.72. The van der Waals surface area contributed by atoms with Crippen molar-refractivity contribution in [1.29, 1.82) is 0 Å². The molecule has 0 aliphatic heterocycles. The number of fused-ring (bicyclic) bond motifs is 1. The lowest BCUT2D eigenvalue weighted by Crippen LogP contribution is -2.21. The number of hydrogen-bond donors (Lipinski definition) is 2. The number of nitrogens with zero attached hydrogens (tertiary/aromatic N) is 6. The summed E-state index contributed by atoms with van der Waals surface area (Å²) in [5.74, 6) is 1.74. The zero-order valence-corrected chi connectivity index (χ0v) is 14.7. The van der Waals surface area contributed by atoms with Gasteiger partial charge in [-0.1, -0.05) is 0 Å². The fourth-order valence-corrected chi connectivity index (χ4v) is 2.85. The molecule has 0 aromatic carbocycles. The minimum absolute atomic E-state index is 0.0174. The lowest BCUT2D eigenvalue weighted by molar-refractivity contribution is -0.120. The second-order valence-corrected chi connectivity index (χ2v) is 5.84. The van der Waals surface area contributed by atoms with Crippen LogP contribution in [0.25, 0.3) is 11.5 Å². The number of nitrogens with one attached hydrogen (secondary N) is 1. The number of thiol groups is 1. The Kier molecular flexibility index (Phi) is 4.52. The van der Waals surface area contributed by atoms with E-state index in [1.54, 1.807) is 9.20 Å². The first-order valence-corrected chi connectivity index (χ1v) is 8.26. The highest BCUT2D eigenvalue weighted by Gasteiger charge is 2.15. The summed E-state index contributed by atoms with van der Waals surface area (Å²) in [6.45, 7) is 5.78. The van der Waals surface area contributed by atoms with Crippen LogP contribution in [0.1, 0.15) is 29.2 Å². The third-order valence-electron chi connectivity index (χ3n) is 3.94. The Morgan fingerprint density at radius 1 is 1.21 bits per heavy atom. The van der Waals surface area contributed by atoms with Crippen molar-refractivity contribution in [3.8, 4) is 5.82 Å². The third-order valence-corrected chi connectivity index (χ3v) is 4.10. The van der Waals surface area contributed by atoms with Crippen molar-refractivity contribution in [3.63, 3.8) is 0 Å². The van der Waals surface area contributed by atoms with Crippen molar-refractivity contribution in [2.24, 2.45) is 0 Å². The highest BCUT2D eigenvalue weighted by molar-refractivity contribution is 7.80. The van der Waals surface area contributed by atoms with Crippen molar-refractivity contribution in [3.05, 3.63) is 34.9 Å². The molecule has 0 atom stereocenters. The largest absolute Gasteiger partial charge is 0.347 e. The molecule has 0 aliphatic rings. The van der Waals surface area contributed by atoms with Crippen LogP contribution < -0.4 is 5.32 Å². The van der Waals surface area contributed by atoms with Gasteiger partial charge in [0.15, 0.2) is 17.3 Å². The molecule has 0 fully saturated rings. The van der Waals surface area contributed by atoms with Crippen LogP contribution in [-0.4, -0.2) is 41.4 Å². The fourth-order valence-electron chi connectivity index (χ4n) is 2.67. The summed E-state index contributed by atoms with van der Waals surface area (Å²) in [6.07, 6.45) is 1.04. The van der Waals surface area contributed by atoms with E-state index in [1.165, 1.54) is 0 Å². The number of hydrogen-bond acceptors (Lipinski definition) is 6. The van der Waals surface area contributed by atoms with Gasteiger partial charge in [0.25, 0.3) is 0 Å². The van der Waals surface area contributed by atoms with Crippen molar-refractivity contribution < 1.29 is 4.79 Å². The molecule has 1 N–H and O–H groups in total. The van der Waals surface area contributed by atoms with Gasteiger partial charge in [-0.15, -0.1) is 15.3 Å². The molecule has 0 spiro atoms. The van der Waals surface area contributed by atoms with Crippen molar-refractivity contribution in [1.82, 2.24) is 34.9 Å². The fraction of sp³-hybridized carbons (Fsp3) is 0.400. The number of carbonyl (C=O) groups is 1. The molecule has 0 saturated carbocycles. The molecule has 0 bridgehead atoms. The Bertz CT molecular complexity index is 899. The Labute approximate surface area is 144 Å². The highest BCUT2D eigenvalue weighted by Crippen LogP contribution is 2.18. The molecular weight excluding hydrogens is 326 g/mol. The zero-order valence-electron chi connectivity index (χ0n) is 13.8. The molecule has 3 rings (SSSR count). The molecule has 0 aliphatic carbocycles. The van der Waals surface area contributed by atoms with Gasteiger partial charge in [-0.25, -0.2) is 4.68 Å². The second-order valence-electron chi connectivity index (χ2n) is 5.53. The van der Waals surface area contributed by atoms with Gasteiger partial charge in [-0.05, 0) is 44.9 Å². The number of amides is 1. The first-order valence-electron chi connectivity index (χ1n) is 7.63. The van der Waals surface area contributed by atoms with E-state index >= 15 is 0 Å². The lowest BCUT2D eigenvalue weighted by atomic mass is 10.1. The van der Waals surface area contributed by atoms with Gasteiger partial charge in [0.2, 0.25) is 5.91 Å². The quantitative estimate of drug-likeness (QED) is 0.535. The number of carbonyl (C=O) groups excluding carboxylic acids is 1. The molecule has 3 aromatic heterocycles. The minimum Gasteiger partial charge on any atom is -0.347 e. The summed E-state index contributed by atoms with van der Waals surface area (Å²) >= 11 is 4.00. The first kappa shape index (κ1) is 16.4. The maximum absolute atomic E-state index is 11.7. The minimum atomic E-state index is -0.0174. The monoisotopic (exact) mass is 345 g/mol. The molecule has 9 heteroatoms. The number of aryl methyl sites for hydroxylation is 2. The van der Waals surface area contributed by atoms with Crippen LogP contribution in [0.3, 0.4) is 0 Å². The van der Waals surface area contributed by atoms with Crippen LogP contribution in [0.2, 0.25) is 0 Å². The molecule has 3 aromatic rings. The van der Waals surface area contributed by atoms with E-state index in [4.69, 9.17) is 0 Å². The van der Waals surface area contributed by atoms with E-state index in [-0.39, 0.29) is 5.91 Å². The predicted molar refractivity (Wildman–Crippen MR) is 92.4 cm³/mol. The molecular formula is C15H19N7OS. The smallest absolute Gasteiger partial charge is 0.220 e. The summed E-state index contributed by atoms with van der Waals surface area (Å²) < 4.78 is 3.48. The Morgan fingerprint density at radius 2 is 2.00 bits per heavy atom. The zero-order chi connectivity index (χ0) is 17.3. The van der Waals surface area contributed by atoms with Crippen LogP contribution in [0.15, 0.2) is 12.1 Å². The number of rotatable bonds is 5. The Morgan fingerprint density at radius 3 is 2.75 bits per heavy atom.